The summed E-state index contributed by atoms with van der Waals surface area (Å²) >= 11 is 2.22. The largest absolute Gasteiger partial charge is 0.342 e. The van der Waals surface area contributed by atoms with E-state index in [0.29, 0.717) is 11.4 Å². The highest BCUT2D eigenvalue weighted by atomic mass is 127. The van der Waals surface area contributed by atoms with Crippen LogP contribution in [0.15, 0.2) is 67.1 Å². The number of carbonyl (C=O) groups excluding carboxylic acids is 2. The second kappa shape index (κ2) is 7.93. The number of nitrogens with zero attached hydrogens (tertiary/aromatic N) is 2. The van der Waals surface area contributed by atoms with E-state index in [-0.39, 0.29) is 18.4 Å². The van der Waals surface area contributed by atoms with Crippen molar-refractivity contribution in [3.05, 3.63) is 76.4 Å². The van der Waals surface area contributed by atoms with Crippen LogP contribution in [-0.2, 0) is 4.79 Å². The molecule has 0 spiro atoms. The standard InChI is InChI=1S/C18H15IN4O2/c19-13-4-1-6-15(10-13)23-9-3-7-16(23)18(25)21-12-17(24)22-14-5-2-8-20-11-14/h1-11H,12H2,(H,21,25)(H,22,24). The molecule has 0 fully saturated rings. The van der Waals surface area contributed by atoms with Gasteiger partial charge in [-0.25, -0.2) is 0 Å². The van der Waals surface area contributed by atoms with Crippen molar-refractivity contribution in [2.24, 2.45) is 0 Å². The molecule has 2 aromatic heterocycles. The molecule has 2 amide bonds. The van der Waals surface area contributed by atoms with Crippen LogP contribution in [0.25, 0.3) is 5.69 Å². The summed E-state index contributed by atoms with van der Waals surface area (Å²) in [6.45, 7) is -0.120. The summed E-state index contributed by atoms with van der Waals surface area (Å²) < 4.78 is 2.86. The van der Waals surface area contributed by atoms with Gasteiger partial charge in [-0.05, 0) is 65.1 Å². The number of rotatable bonds is 5. The van der Waals surface area contributed by atoms with E-state index in [4.69, 9.17) is 0 Å². The quantitative estimate of drug-likeness (QED) is 0.592. The van der Waals surface area contributed by atoms with Crippen molar-refractivity contribution in [2.75, 3.05) is 11.9 Å². The van der Waals surface area contributed by atoms with Gasteiger partial charge in [0, 0.05) is 21.7 Å². The Morgan fingerprint density at radius 1 is 1.12 bits per heavy atom. The molecule has 7 heteroatoms. The summed E-state index contributed by atoms with van der Waals surface area (Å²) in [5.74, 6) is -0.626. The molecule has 6 nitrogen and oxygen atoms in total. The predicted octanol–water partition coefficient (Wildman–Crippen LogP) is 2.85. The average Bonchev–Trinajstić information content (AvgIpc) is 3.10. The Labute approximate surface area is 158 Å². The lowest BCUT2D eigenvalue weighted by Gasteiger charge is -2.10. The maximum absolute atomic E-state index is 12.4. The van der Waals surface area contributed by atoms with E-state index in [1.807, 2.05) is 30.5 Å². The number of amides is 2. The minimum atomic E-state index is -0.315. The smallest absolute Gasteiger partial charge is 0.268 e. The van der Waals surface area contributed by atoms with Gasteiger partial charge in [-0.2, -0.15) is 0 Å². The first-order chi connectivity index (χ1) is 12.1. The van der Waals surface area contributed by atoms with Crippen LogP contribution in [0.3, 0.4) is 0 Å². The zero-order chi connectivity index (χ0) is 17.6. The first-order valence-electron chi connectivity index (χ1n) is 7.55. The molecule has 0 aliphatic rings. The Morgan fingerprint density at radius 3 is 2.76 bits per heavy atom. The maximum Gasteiger partial charge on any atom is 0.268 e. The lowest BCUT2D eigenvalue weighted by Crippen LogP contribution is -2.33. The molecule has 0 saturated heterocycles. The van der Waals surface area contributed by atoms with Crippen molar-refractivity contribution in [1.29, 1.82) is 0 Å². The summed E-state index contributed by atoms with van der Waals surface area (Å²) in [6, 6.07) is 14.8. The summed E-state index contributed by atoms with van der Waals surface area (Å²) in [5.41, 5.74) is 1.95. The van der Waals surface area contributed by atoms with E-state index in [1.54, 1.807) is 41.2 Å². The normalized spacial score (nSPS) is 10.3. The number of anilines is 1. The molecular weight excluding hydrogens is 431 g/mol. The van der Waals surface area contributed by atoms with E-state index >= 15 is 0 Å². The van der Waals surface area contributed by atoms with Gasteiger partial charge >= 0.3 is 0 Å². The molecule has 0 bridgehead atoms. The second-order valence-electron chi connectivity index (χ2n) is 5.22. The Bertz CT molecular complexity index is 893. The minimum Gasteiger partial charge on any atom is -0.342 e. The molecule has 0 aliphatic heterocycles. The van der Waals surface area contributed by atoms with E-state index in [2.05, 4.69) is 38.2 Å². The van der Waals surface area contributed by atoms with Crippen molar-refractivity contribution in [1.82, 2.24) is 14.9 Å². The molecule has 3 aromatic rings. The van der Waals surface area contributed by atoms with Gasteiger partial charge in [0.1, 0.15) is 5.69 Å². The third-order valence-corrected chi connectivity index (χ3v) is 4.09. The second-order valence-corrected chi connectivity index (χ2v) is 6.46. The lowest BCUT2D eigenvalue weighted by atomic mass is 10.3. The molecule has 0 saturated carbocycles. The van der Waals surface area contributed by atoms with Crippen molar-refractivity contribution < 1.29 is 9.59 Å². The molecule has 2 N–H and O–H groups in total. The average molecular weight is 446 g/mol. The Hall–Kier alpha value is -2.68. The number of halogens is 1. The van der Waals surface area contributed by atoms with E-state index < -0.39 is 0 Å². The van der Waals surface area contributed by atoms with Crippen LogP contribution in [-0.4, -0.2) is 27.9 Å². The Balaban J connectivity index is 1.64. The molecule has 1 aromatic carbocycles. The van der Waals surface area contributed by atoms with Crippen molar-refractivity contribution >= 4 is 40.1 Å². The number of hydrogen-bond acceptors (Lipinski definition) is 3. The molecular formula is C18H15IN4O2. The van der Waals surface area contributed by atoms with Crippen molar-refractivity contribution in [2.45, 2.75) is 0 Å². The van der Waals surface area contributed by atoms with Crippen LogP contribution in [0, 0.1) is 3.57 Å². The SMILES string of the molecule is O=C(CNC(=O)c1cccn1-c1cccc(I)c1)Nc1cccnc1. The van der Waals surface area contributed by atoms with Gasteiger partial charge in [0.05, 0.1) is 18.4 Å². The fraction of sp³-hybridized carbons (Fsp3) is 0.0556. The third kappa shape index (κ3) is 4.44. The van der Waals surface area contributed by atoms with Gasteiger partial charge in [0.2, 0.25) is 5.91 Å². The van der Waals surface area contributed by atoms with E-state index in [9.17, 15) is 9.59 Å². The molecule has 3 rings (SSSR count). The highest BCUT2D eigenvalue weighted by Gasteiger charge is 2.13. The monoisotopic (exact) mass is 446 g/mol. The third-order valence-electron chi connectivity index (χ3n) is 3.42. The van der Waals surface area contributed by atoms with Crippen LogP contribution in [0.4, 0.5) is 5.69 Å². The Morgan fingerprint density at radius 2 is 2.00 bits per heavy atom. The zero-order valence-corrected chi connectivity index (χ0v) is 15.3. The molecule has 0 aliphatic carbocycles. The molecule has 126 valence electrons. The van der Waals surface area contributed by atoms with Crippen LogP contribution < -0.4 is 10.6 Å². The number of carbonyl (C=O) groups is 2. The number of nitrogens with one attached hydrogen (secondary N) is 2. The predicted molar refractivity (Wildman–Crippen MR) is 104 cm³/mol. The van der Waals surface area contributed by atoms with Crippen molar-refractivity contribution in [3.63, 3.8) is 0 Å². The summed E-state index contributed by atoms with van der Waals surface area (Å²) in [6.07, 6.45) is 4.98. The van der Waals surface area contributed by atoms with E-state index in [0.717, 1.165) is 9.26 Å². The molecule has 0 unspecified atom stereocenters. The minimum absolute atomic E-state index is 0.120. The molecule has 0 atom stereocenters. The molecule has 25 heavy (non-hydrogen) atoms. The van der Waals surface area contributed by atoms with Gasteiger partial charge in [0.15, 0.2) is 0 Å². The van der Waals surface area contributed by atoms with Gasteiger partial charge in [-0.3, -0.25) is 14.6 Å². The van der Waals surface area contributed by atoms with Crippen LogP contribution in [0.1, 0.15) is 10.5 Å². The number of benzene rings is 1. The number of hydrogen-bond donors (Lipinski definition) is 2. The van der Waals surface area contributed by atoms with Gasteiger partial charge in [0.25, 0.3) is 5.91 Å². The fourth-order valence-corrected chi connectivity index (χ4v) is 2.84. The van der Waals surface area contributed by atoms with Gasteiger partial charge in [-0.15, -0.1) is 0 Å². The highest BCUT2D eigenvalue weighted by Crippen LogP contribution is 2.15. The van der Waals surface area contributed by atoms with E-state index in [1.165, 1.54) is 0 Å². The first kappa shape index (κ1) is 17.2. The maximum atomic E-state index is 12.4. The first-order valence-corrected chi connectivity index (χ1v) is 8.63. The zero-order valence-electron chi connectivity index (χ0n) is 13.1. The molecule has 0 radical (unpaired) electrons. The van der Waals surface area contributed by atoms with Crippen LogP contribution in [0.2, 0.25) is 0 Å². The Kier molecular flexibility index (Phi) is 5.44. The van der Waals surface area contributed by atoms with Gasteiger partial charge in [-0.1, -0.05) is 6.07 Å². The van der Waals surface area contributed by atoms with Crippen LogP contribution in [0.5, 0.6) is 0 Å². The summed E-state index contributed by atoms with van der Waals surface area (Å²) in [5, 5.41) is 5.31. The molecule has 2 heterocycles. The number of pyridine rings is 1. The highest BCUT2D eigenvalue weighted by molar-refractivity contribution is 14.1. The van der Waals surface area contributed by atoms with Gasteiger partial charge < -0.3 is 15.2 Å². The summed E-state index contributed by atoms with van der Waals surface area (Å²) in [4.78, 5) is 28.3. The van der Waals surface area contributed by atoms with Crippen molar-refractivity contribution in [3.8, 4) is 5.69 Å². The lowest BCUT2D eigenvalue weighted by molar-refractivity contribution is -0.115. The fourth-order valence-electron chi connectivity index (χ4n) is 2.31. The number of aromatic nitrogens is 2. The van der Waals surface area contributed by atoms with Crippen LogP contribution >= 0.6 is 22.6 Å². The summed E-state index contributed by atoms with van der Waals surface area (Å²) in [7, 11) is 0. The topological polar surface area (TPSA) is 76.0 Å².